The molecule has 2 nitrogen and oxygen atoms in total. The summed E-state index contributed by atoms with van der Waals surface area (Å²) in [7, 11) is 0. The summed E-state index contributed by atoms with van der Waals surface area (Å²) in [5.74, 6) is 0. The minimum absolute atomic E-state index is 0.0140. The maximum atomic E-state index is 6.23. The lowest BCUT2D eigenvalue weighted by atomic mass is 9.92. The third kappa shape index (κ3) is 2.96. The van der Waals surface area contributed by atoms with Crippen molar-refractivity contribution in [2.75, 3.05) is 6.54 Å². The highest BCUT2D eigenvalue weighted by atomic mass is 15.2. The van der Waals surface area contributed by atoms with Crippen LogP contribution in [-0.2, 0) is 0 Å². The highest BCUT2D eigenvalue weighted by Gasteiger charge is 2.29. The molecular weight excluding hydrogens is 172 g/mol. The van der Waals surface area contributed by atoms with Crippen LogP contribution >= 0.6 is 0 Å². The second kappa shape index (κ2) is 4.63. The summed E-state index contributed by atoms with van der Waals surface area (Å²) in [6.07, 6.45) is 5.11. The van der Waals surface area contributed by atoms with E-state index in [4.69, 9.17) is 5.73 Å². The molecule has 1 rings (SSSR count). The van der Waals surface area contributed by atoms with Gasteiger partial charge in [-0.3, -0.25) is 4.90 Å². The third-order valence-corrected chi connectivity index (χ3v) is 3.73. The van der Waals surface area contributed by atoms with E-state index in [2.05, 4.69) is 32.6 Å². The second-order valence-electron chi connectivity index (χ2n) is 5.31. The van der Waals surface area contributed by atoms with Gasteiger partial charge < -0.3 is 5.73 Å². The molecule has 0 saturated carbocycles. The Bertz CT molecular complexity index is 167. The minimum atomic E-state index is -0.0140. The number of hydrogen-bond acceptors (Lipinski definition) is 2. The third-order valence-electron chi connectivity index (χ3n) is 3.73. The van der Waals surface area contributed by atoms with Crippen LogP contribution in [0.25, 0.3) is 0 Å². The summed E-state index contributed by atoms with van der Waals surface area (Å²) in [5, 5.41) is 0. The van der Waals surface area contributed by atoms with Crippen molar-refractivity contribution in [1.82, 2.24) is 4.90 Å². The standard InChI is InChI=1S/C12H26N2/c1-5-12(4,13)9-14-10(2)7-6-8-11(14)3/h10-11H,5-9,13H2,1-4H3. The number of rotatable bonds is 3. The summed E-state index contributed by atoms with van der Waals surface area (Å²) in [4.78, 5) is 2.59. The van der Waals surface area contributed by atoms with Gasteiger partial charge in [0.1, 0.15) is 0 Å². The lowest BCUT2D eigenvalue weighted by molar-refractivity contribution is 0.0779. The molecule has 84 valence electrons. The first-order chi connectivity index (χ1) is 6.46. The normalized spacial score (nSPS) is 34.1. The second-order valence-corrected chi connectivity index (χ2v) is 5.31. The van der Waals surface area contributed by atoms with Gasteiger partial charge in [-0.2, -0.15) is 0 Å². The van der Waals surface area contributed by atoms with Gasteiger partial charge >= 0.3 is 0 Å². The van der Waals surface area contributed by atoms with Gasteiger partial charge in [-0.1, -0.05) is 13.3 Å². The number of nitrogens with zero attached hydrogens (tertiary/aromatic N) is 1. The van der Waals surface area contributed by atoms with Crippen LogP contribution < -0.4 is 5.73 Å². The van der Waals surface area contributed by atoms with Gasteiger partial charge in [0.25, 0.3) is 0 Å². The monoisotopic (exact) mass is 198 g/mol. The first-order valence-electron chi connectivity index (χ1n) is 6.01. The minimum Gasteiger partial charge on any atom is -0.324 e. The van der Waals surface area contributed by atoms with Gasteiger partial charge in [-0.25, -0.2) is 0 Å². The number of nitrogens with two attached hydrogens (primary N) is 1. The van der Waals surface area contributed by atoms with E-state index in [-0.39, 0.29) is 5.54 Å². The molecule has 1 heterocycles. The van der Waals surface area contributed by atoms with Crippen LogP contribution in [0.15, 0.2) is 0 Å². The van der Waals surface area contributed by atoms with Crippen LogP contribution in [0.3, 0.4) is 0 Å². The van der Waals surface area contributed by atoms with E-state index in [1.807, 2.05) is 0 Å². The van der Waals surface area contributed by atoms with Crippen LogP contribution in [-0.4, -0.2) is 29.1 Å². The summed E-state index contributed by atoms with van der Waals surface area (Å²) < 4.78 is 0. The molecule has 0 bridgehead atoms. The molecule has 3 atom stereocenters. The van der Waals surface area contributed by atoms with Gasteiger partial charge in [0.05, 0.1) is 0 Å². The Labute approximate surface area is 88.8 Å². The Balaban J connectivity index is 2.56. The average molecular weight is 198 g/mol. The van der Waals surface area contributed by atoms with Crippen molar-refractivity contribution in [2.45, 2.75) is 71.0 Å². The number of hydrogen-bond donors (Lipinski definition) is 1. The zero-order valence-corrected chi connectivity index (χ0v) is 10.2. The van der Waals surface area contributed by atoms with Crippen molar-refractivity contribution in [3.05, 3.63) is 0 Å². The first-order valence-corrected chi connectivity index (χ1v) is 6.01. The van der Waals surface area contributed by atoms with E-state index in [0.29, 0.717) is 12.1 Å². The van der Waals surface area contributed by atoms with Gasteiger partial charge in [-0.15, -0.1) is 0 Å². The highest BCUT2D eigenvalue weighted by Crippen LogP contribution is 2.24. The molecular formula is C12H26N2. The molecule has 3 unspecified atom stereocenters. The zero-order valence-electron chi connectivity index (χ0n) is 10.2. The average Bonchev–Trinajstić information content (AvgIpc) is 2.12. The lowest BCUT2D eigenvalue weighted by Gasteiger charge is -2.43. The molecule has 1 aliphatic rings. The van der Waals surface area contributed by atoms with Crippen LogP contribution in [0, 0.1) is 0 Å². The zero-order chi connectivity index (χ0) is 10.8. The van der Waals surface area contributed by atoms with Crippen LogP contribution in [0.5, 0.6) is 0 Å². The molecule has 1 saturated heterocycles. The van der Waals surface area contributed by atoms with E-state index >= 15 is 0 Å². The Hall–Kier alpha value is -0.0800. The summed E-state index contributed by atoms with van der Waals surface area (Å²) >= 11 is 0. The lowest BCUT2D eigenvalue weighted by Crippen LogP contribution is -2.54. The summed E-state index contributed by atoms with van der Waals surface area (Å²) in [6, 6.07) is 1.43. The molecule has 0 spiro atoms. The molecule has 0 aromatic rings. The van der Waals surface area contributed by atoms with Crippen molar-refractivity contribution >= 4 is 0 Å². The Morgan fingerprint density at radius 1 is 1.29 bits per heavy atom. The molecule has 14 heavy (non-hydrogen) atoms. The van der Waals surface area contributed by atoms with Crippen molar-refractivity contribution in [2.24, 2.45) is 5.73 Å². The molecule has 2 N–H and O–H groups in total. The molecule has 0 aromatic carbocycles. The number of piperidine rings is 1. The molecule has 1 aliphatic heterocycles. The SMILES string of the molecule is CCC(C)(N)CN1C(C)CCCC1C. The maximum Gasteiger partial charge on any atom is 0.0252 e. The maximum absolute atomic E-state index is 6.23. The van der Waals surface area contributed by atoms with E-state index < -0.39 is 0 Å². The van der Waals surface area contributed by atoms with E-state index in [1.165, 1.54) is 19.3 Å². The van der Waals surface area contributed by atoms with Crippen LogP contribution in [0.1, 0.15) is 53.4 Å². The molecule has 0 amide bonds. The Morgan fingerprint density at radius 3 is 2.21 bits per heavy atom. The molecule has 0 radical (unpaired) electrons. The fourth-order valence-electron chi connectivity index (χ4n) is 2.32. The predicted molar refractivity (Wildman–Crippen MR) is 62.4 cm³/mol. The van der Waals surface area contributed by atoms with Crippen LogP contribution in [0.2, 0.25) is 0 Å². The van der Waals surface area contributed by atoms with Gasteiger partial charge in [0, 0.05) is 24.2 Å². The van der Waals surface area contributed by atoms with Crippen molar-refractivity contribution < 1.29 is 0 Å². The molecule has 2 heteroatoms. The smallest absolute Gasteiger partial charge is 0.0252 e. The summed E-state index contributed by atoms with van der Waals surface area (Å²) in [6.45, 7) is 10.1. The largest absolute Gasteiger partial charge is 0.324 e. The van der Waals surface area contributed by atoms with Gasteiger partial charge in [-0.05, 0) is 40.0 Å². The predicted octanol–water partition coefficient (Wildman–Crippen LogP) is 2.38. The van der Waals surface area contributed by atoms with Crippen molar-refractivity contribution in [3.63, 3.8) is 0 Å². The Kier molecular flexibility index (Phi) is 3.96. The number of likely N-dealkylation sites (tertiary alicyclic amines) is 1. The first kappa shape index (κ1) is 12.0. The Morgan fingerprint density at radius 2 is 1.79 bits per heavy atom. The summed E-state index contributed by atoms with van der Waals surface area (Å²) in [5.41, 5.74) is 6.22. The van der Waals surface area contributed by atoms with E-state index in [9.17, 15) is 0 Å². The topological polar surface area (TPSA) is 29.3 Å². The van der Waals surface area contributed by atoms with Crippen LogP contribution in [0.4, 0.5) is 0 Å². The van der Waals surface area contributed by atoms with E-state index in [1.54, 1.807) is 0 Å². The molecule has 1 fully saturated rings. The van der Waals surface area contributed by atoms with Gasteiger partial charge in [0.15, 0.2) is 0 Å². The highest BCUT2D eigenvalue weighted by molar-refractivity contribution is 4.88. The molecule has 0 aliphatic carbocycles. The van der Waals surface area contributed by atoms with E-state index in [0.717, 1.165) is 13.0 Å². The quantitative estimate of drug-likeness (QED) is 0.754. The fourth-order valence-corrected chi connectivity index (χ4v) is 2.32. The van der Waals surface area contributed by atoms with Gasteiger partial charge in [0.2, 0.25) is 0 Å². The molecule has 0 aromatic heterocycles. The fraction of sp³-hybridized carbons (Fsp3) is 1.00. The van der Waals surface area contributed by atoms with Crippen molar-refractivity contribution in [1.29, 1.82) is 0 Å². The van der Waals surface area contributed by atoms with Crippen molar-refractivity contribution in [3.8, 4) is 0 Å².